The lowest BCUT2D eigenvalue weighted by Crippen LogP contribution is -2.37. The molecule has 4 N–H and O–H groups in total. The number of hydrogen-bond acceptors (Lipinski definition) is 6. The Bertz CT molecular complexity index is 1030. The summed E-state index contributed by atoms with van der Waals surface area (Å²) in [6, 6.07) is 12.7. The first kappa shape index (κ1) is 25.3. The number of carbonyl (C=O) groups is 3. The van der Waals surface area contributed by atoms with Gasteiger partial charge in [0.15, 0.2) is 0 Å². The van der Waals surface area contributed by atoms with Crippen molar-refractivity contribution in [2.75, 3.05) is 26.8 Å². The van der Waals surface area contributed by atoms with Gasteiger partial charge in [-0.2, -0.15) is 0 Å². The van der Waals surface area contributed by atoms with E-state index in [0.717, 1.165) is 0 Å². The molecule has 0 fully saturated rings. The van der Waals surface area contributed by atoms with E-state index in [1.807, 2.05) is 0 Å². The molecule has 0 heterocycles. The van der Waals surface area contributed by atoms with Crippen LogP contribution in [0, 0.1) is 5.41 Å². The minimum absolute atomic E-state index is 0.0775. The molecule has 0 spiro atoms. The monoisotopic (exact) mass is 453 g/mol. The highest BCUT2D eigenvalue weighted by molar-refractivity contribution is 5.99. The Labute approximate surface area is 191 Å². The molecule has 9 nitrogen and oxygen atoms in total. The molecular formula is C24H27N3O6. The molecule has 174 valence electrons. The summed E-state index contributed by atoms with van der Waals surface area (Å²) < 4.78 is 10.3. The lowest BCUT2D eigenvalue weighted by molar-refractivity contribution is -0.143. The van der Waals surface area contributed by atoms with E-state index in [1.165, 1.54) is 12.0 Å². The fraction of sp³-hybridized carbons (Fsp3) is 0.250. The van der Waals surface area contributed by atoms with Gasteiger partial charge >= 0.3 is 11.9 Å². The first-order valence-electron chi connectivity index (χ1n) is 10.2. The van der Waals surface area contributed by atoms with Gasteiger partial charge in [0.25, 0.3) is 0 Å². The van der Waals surface area contributed by atoms with E-state index in [9.17, 15) is 14.4 Å². The Kier molecular flexibility index (Phi) is 9.31. The minimum Gasteiger partial charge on any atom is -0.480 e. The van der Waals surface area contributed by atoms with Crippen molar-refractivity contribution < 1.29 is 29.0 Å². The third-order valence-corrected chi connectivity index (χ3v) is 4.63. The van der Waals surface area contributed by atoms with Crippen molar-refractivity contribution in [3.8, 4) is 5.75 Å². The van der Waals surface area contributed by atoms with Gasteiger partial charge < -0.3 is 25.2 Å². The first-order chi connectivity index (χ1) is 15.7. The minimum atomic E-state index is -1.09. The van der Waals surface area contributed by atoms with Crippen molar-refractivity contribution in [1.82, 2.24) is 4.90 Å². The maximum Gasteiger partial charge on any atom is 0.343 e. The van der Waals surface area contributed by atoms with E-state index >= 15 is 0 Å². The molecule has 2 rings (SSSR count). The molecule has 0 aliphatic heterocycles. The summed E-state index contributed by atoms with van der Waals surface area (Å²) in [6.45, 7) is 1.90. The van der Waals surface area contributed by atoms with Crippen molar-refractivity contribution in [3.05, 3.63) is 70.8 Å². The van der Waals surface area contributed by atoms with Crippen molar-refractivity contribution in [2.24, 2.45) is 5.73 Å². The summed E-state index contributed by atoms with van der Waals surface area (Å²) in [5.41, 5.74) is 7.29. The van der Waals surface area contributed by atoms with Crippen LogP contribution in [0.4, 0.5) is 0 Å². The predicted molar refractivity (Wildman–Crippen MR) is 123 cm³/mol. The average Bonchev–Trinajstić information content (AvgIpc) is 2.78. The Morgan fingerprint density at radius 2 is 1.67 bits per heavy atom. The smallest absolute Gasteiger partial charge is 0.343 e. The lowest BCUT2D eigenvalue weighted by Gasteiger charge is -2.21. The number of benzene rings is 2. The Balaban J connectivity index is 2.06. The zero-order valence-electron chi connectivity index (χ0n) is 18.5. The maximum atomic E-state index is 12.7. The van der Waals surface area contributed by atoms with Gasteiger partial charge in [-0.25, -0.2) is 4.79 Å². The van der Waals surface area contributed by atoms with Crippen LogP contribution in [0.25, 0.3) is 6.08 Å². The quantitative estimate of drug-likeness (QED) is 0.118. The number of carbonyl (C=O) groups excluding carboxylic acids is 2. The summed E-state index contributed by atoms with van der Waals surface area (Å²) in [4.78, 5) is 37.4. The summed E-state index contributed by atoms with van der Waals surface area (Å²) in [5, 5.41) is 16.5. The largest absolute Gasteiger partial charge is 0.480 e. The van der Waals surface area contributed by atoms with E-state index in [4.69, 9.17) is 25.7 Å². The zero-order chi connectivity index (χ0) is 24.4. The molecule has 2 aromatic carbocycles. The third kappa shape index (κ3) is 7.89. The van der Waals surface area contributed by atoms with Crippen LogP contribution < -0.4 is 10.5 Å². The van der Waals surface area contributed by atoms with Crippen LogP contribution in [0.3, 0.4) is 0 Å². The number of amides is 1. The Morgan fingerprint density at radius 1 is 1.06 bits per heavy atom. The van der Waals surface area contributed by atoms with Gasteiger partial charge in [0.05, 0.1) is 5.56 Å². The highest BCUT2D eigenvalue weighted by atomic mass is 16.5. The molecule has 0 radical (unpaired) electrons. The second-order valence-electron chi connectivity index (χ2n) is 7.24. The number of amidine groups is 1. The molecule has 0 unspecified atom stereocenters. The molecular weight excluding hydrogens is 426 g/mol. The van der Waals surface area contributed by atoms with E-state index in [0.29, 0.717) is 41.0 Å². The molecule has 0 aliphatic carbocycles. The second kappa shape index (κ2) is 12.2. The second-order valence-corrected chi connectivity index (χ2v) is 7.24. The Hall–Kier alpha value is -3.98. The van der Waals surface area contributed by atoms with E-state index in [2.05, 4.69) is 0 Å². The maximum absolute atomic E-state index is 12.7. The van der Waals surface area contributed by atoms with Gasteiger partial charge in [0.1, 0.15) is 18.1 Å². The number of aliphatic carboxylic acids is 1. The Morgan fingerprint density at radius 3 is 2.21 bits per heavy atom. The summed E-state index contributed by atoms with van der Waals surface area (Å²) in [5.74, 6) is -1.79. The number of nitrogens with one attached hydrogen (secondary N) is 1. The molecule has 0 aromatic heterocycles. The van der Waals surface area contributed by atoms with Crippen LogP contribution in [0.2, 0.25) is 0 Å². The molecule has 0 bridgehead atoms. The number of carboxylic acid groups (broad SMARTS) is 1. The normalized spacial score (nSPS) is 11.0. The summed E-state index contributed by atoms with van der Waals surface area (Å²) in [7, 11) is 1.54. The number of nitrogens with zero attached hydrogens (tertiary/aromatic N) is 1. The summed E-state index contributed by atoms with van der Waals surface area (Å²) >= 11 is 0. The highest BCUT2D eigenvalue weighted by Gasteiger charge is 2.18. The van der Waals surface area contributed by atoms with Crippen LogP contribution in [0.1, 0.15) is 34.8 Å². The highest BCUT2D eigenvalue weighted by Crippen LogP contribution is 2.16. The molecule has 0 saturated heterocycles. The van der Waals surface area contributed by atoms with E-state index in [1.54, 1.807) is 61.5 Å². The molecule has 0 saturated carbocycles. The van der Waals surface area contributed by atoms with Crippen molar-refractivity contribution >= 4 is 29.8 Å². The standard InChI is InChI=1S/C24H27N3O6/c1-16(23(30)27(15-21(28)29)12-3-13-32-2)14-17-4-6-19(7-5-17)24(31)33-20-10-8-18(9-11-20)22(25)26/h4-11,14H,3,12-13,15H2,1-2H3,(H3,25,26)(H,28,29). The van der Waals surface area contributed by atoms with Gasteiger partial charge in [-0.1, -0.05) is 12.1 Å². The number of carboxylic acids is 1. The van der Waals surface area contributed by atoms with Gasteiger partial charge in [0.2, 0.25) is 5.91 Å². The molecule has 0 aliphatic rings. The van der Waals surface area contributed by atoms with Crippen LogP contribution in [-0.2, 0) is 14.3 Å². The predicted octanol–water partition coefficient (Wildman–Crippen LogP) is 2.54. The van der Waals surface area contributed by atoms with Crippen LogP contribution in [0.15, 0.2) is 54.1 Å². The number of nitrogens with two attached hydrogens (primary N) is 1. The van der Waals surface area contributed by atoms with Crippen molar-refractivity contribution in [1.29, 1.82) is 5.41 Å². The number of esters is 1. The SMILES string of the molecule is COCCCN(CC(=O)O)C(=O)C(C)=Cc1ccc(C(=O)Oc2ccc(C(=N)N)cc2)cc1. The van der Waals surface area contributed by atoms with Crippen LogP contribution in [0.5, 0.6) is 5.75 Å². The number of rotatable bonds is 11. The first-order valence-corrected chi connectivity index (χ1v) is 10.2. The van der Waals surface area contributed by atoms with Crippen LogP contribution in [-0.4, -0.2) is 60.5 Å². The van der Waals surface area contributed by atoms with Gasteiger partial charge in [-0.15, -0.1) is 0 Å². The van der Waals surface area contributed by atoms with E-state index in [-0.39, 0.29) is 18.3 Å². The number of ether oxygens (including phenoxy) is 2. The lowest BCUT2D eigenvalue weighted by atomic mass is 10.1. The number of hydrogen-bond donors (Lipinski definition) is 3. The van der Waals surface area contributed by atoms with Crippen LogP contribution >= 0.6 is 0 Å². The van der Waals surface area contributed by atoms with Gasteiger partial charge in [-0.05, 0) is 61.4 Å². The zero-order valence-corrected chi connectivity index (χ0v) is 18.5. The third-order valence-electron chi connectivity index (χ3n) is 4.63. The molecule has 1 amide bonds. The summed E-state index contributed by atoms with van der Waals surface area (Å²) in [6.07, 6.45) is 2.15. The molecule has 2 aromatic rings. The fourth-order valence-electron chi connectivity index (χ4n) is 2.96. The van der Waals surface area contributed by atoms with Gasteiger partial charge in [0, 0.05) is 31.4 Å². The molecule has 33 heavy (non-hydrogen) atoms. The van der Waals surface area contributed by atoms with E-state index < -0.39 is 18.5 Å². The van der Waals surface area contributed by atoms with Crippen molar-refractivity contribution in [2.45, 2.75) is 13.3 Å². The van der Waals surface area contributed by atoms with Gasteiger partial charge in [-0.3, -0.25) is 15.0 Å². The number of methoxy groups -OCH3 is 1. The fourth-order valence-corrected chi connectivity index (χ4v) is 2.96. The molecule has 0 atom stereocenters. The topological polar surface area (TPSA) is 143 Å². The number of nitrogen functional groups attached to an aromatic ring is 1. The van der Waals surface area contributed by atoms with Crippen molar-refractivity contribution in [3.63, 3.8) is 0 Å². The average molecular weight is 453 g/mol. The molecule has 9 heteroatoms.